The van der Waals surface area contributed by atoms with Crippen LogP contribution in [0.3, 0.4) is 0 Å². The van der Waals surface area contributed by atoms with Crippen molar-refractivity contribution >= 4 is 40.8 Å². The normalized spacial score (nSPS) is 13.5. The van der Waals surface area contributed by atoms with Gasteiger partial charge in [-0.1, -0.05) is 85.5 Å². The highest BCUT2D eigenvalue weighted by Gasteiger charge is 2.21. The summed E-state index contributed by atoms with van der Waals surface area (Å²) < 4.78 is 1.81. The average Bonchev–Trinajstić information content (AvgIpc) is 3.02. The van der Waals surface area contributed by atoms with Crippen LogP contribution in [0, 0.1) is 0 Å². The first-order valence-corrected chi connectivity index (χ1v) is 10.8. The Kier molecular flexibility index (Phi) is 8.08. The van der Waals surface area contributed by atoms with Gasteiger partial charge in [-0.25, -0.2) is 0 Å². The molecule has 1 N–H and O–H groups in total. The van der Waals surface area contributed by atoms with E-state index in [0.29, 0.717) is 0 Å². The van der Waals surface area contributed by atoms with E-state index >= 15 is 0 Å². The number of amides is 1. The van der Waals surface area contributed by atoms with Gasteiger partial charge in [0.2, 0.25) is 5.91 Å². The maximum absolute atomic E-state index is 12.6. The molecule has 24 heavy (non-hydrogen) atoms. The van der Waals surface area contributed by atoms with Crippen LogP contribution in [0.1, 0.15) is 45.2 Å². The zero-order chi connectivity index (χ0) is 17.4. The number of nitrogens with one attached hydrogen (secondary N) is 1. The molecule has 0 aliphatic rings. The van der Waals surface area contributed by atoms with Crippen LogP contribution in [0.2, 0.25) is 0 Å². The van der Waals surface area contributed by atoms with Crippen molar-refractivity contribution in [3.8, 4) is 0 Å². The van der Waals surface area contributed by atoms with Crippen molar-refractivity contribution in [2.24, 2.45) is 0 Å². The SMILES string of the molecule is CCC[C@@H](NC(=O)[C@@H](C)Sc1nnc(SCC)s1)c1ccccc1. The molecule has 1 amide bonds. The molecule has 1 aromatic carbocycles. The van der Waals surface area contributed by atoms with Gasteiger partial charge in [-0.05, 0) is 24.7 Å². The molecular weight excluding hydrogens is 358 g/mol. The summed E-state index contributed by atoms with van der Waals surface area (Å²) in [5, 5.41) is 11.3. The minimum atomic E-state index is -0.194. The Morgan fingerprint density at radius 3 is 2.58 bits per heavy atom. The molecule has 2 rings (SSSR count). The lowest BCUT2D eigenvalue weighted by molar-refractivity contribution is -0.121. The number of benzene rings is 1. The van der Waals surface area contributed by atoms with Crippen molar-refractivity contribution in [2.45, 2.75) is 53.6 Å². The third-order valence-electron chi connectivity index (χ3n) is 3.40. The summed E-state index contributed by atoms with van der Waals surface area (Å²) in [6.45, 7) is 6.14. The number of carbonyl (C=O) groups is 1. The molecule has 7 heteroatoms. The van der Waals surface area contributed by atoms with Crippen molar-refractivity contribution in [3.05, 3.63) is 35.9 Å². The monoisotopic (exact) mass is 381 g/mol. The molecule has 4 nitrogen and oxygen atoms in total. The Labute approximate surface area is 156 Å². The zero-order valence-electron chi connectivity index (χ0n) is 14.2. The summed E-state index contributed by atoms with van der Waals surface area (Å²) in [4.78, 5) is 12.6. The summed E-state index contributed by atoms with van der Waals surface area (Å²) >= 11 is 4.70. The third-order valence-corrected chi connectivity index (χ3v) is 6.52. The number of rotatable bonds is 9. The molecule has 0 aliphatic carbocycles. The van der Waals surface area contributed by atoms with Crippen LogP contribution in [0.5, 0.6) is 0 Å². The van der Waals surface area contributed by atoms with E-state index in [9.17, 15) is 4.79 Å². The molecule has 0 saturated carbocycles. The Morgan fingerprint density at radius 1 is 1.21 bits per heavy atom. The Bertz CT molecular complexity index is 633. The van der Waals surface area contributed by atoms with Gasteiger partial charge in [0.25, 0.3) is 0 Å². The summed E-state index contributed by atoms with van der Waals surface area (Å²) in [7, 11) is 0. The predicted molar refractivity (Wildman–Crippen MR) is 104 cm³/mol. The van der Waals surface area contributed by atoms with Crippen LogP contribution in [-0.4, -0.2) is 27.1 Å². The van der Waals surface area contributed by atoms with Crippen LogP contribution < -0.4 is 5.32 Å². The quantitative estimate of drug-likeness (QED) is 0.633. The second kappa shape index (κ2) is 10.1. The van der Waals surface area contributed by atoms with E-state index in [1.54, 1.807) is 23.1 Å². The number of nitrogens with zero attached hydrogens (tertiary/aromatic N) is 2. The summed E-state index contributed by atoms with van der Waals surface area (Å²) in [6.07, 6.45) is 1.96. The number of thioether (sulfide) groups is 2. The van der Waals surface area contributed by atoms with Crippen LogP contribution in [-0.2, 0) is 4.79 Å². The highest BCUT2D eigenvalue weighted by molar-refractivity contribution is 8.03. The van der Waals surface area contributed by atoms with E-state index < -0.39 is 0 Å². The standard InChI is InChI=1S/C17H23N3OS3/c1-4-9-14(13-10-7-6-8-11-13)18-15(21)12(3)23-17-20-19-16(24-17)22-5-2/h6-8,10-12,14H,4-5,9H2,1-3H3,(H,18,21)/t12-,14-/m1/s1. The fourth-order valence-electron chi connectivity index (χ4n) is 2.22. The predicted octanol–water partition coefficient (Wildman–Crippen LogP) is 4.79. The molecule has 0 bridgehead atoms. The number of aromatic nitrogens is 2. The molecular formula is C17H23N3OS3. The molecule has 1 heterocycles. The fraction of sp³-hybridized carbons (Fsp3) is 0.471. The van der Waals surface area contributed by atoms with Crippen LogP contribution in [0.25, 0.3) is 0 Å². The van der Waals surface area contributed by atoms with Gasteiger partial charge in [0.15, 0.2) is 8.68 Å². The Morgan fingerprint density at radius 2 is 1.92 bits per heavy atom. The van der Waals surface area contributed by atoms with Gasteiger partial charge in [0, 0.05) is 0 Å². The fourth-order valence-corrected chi connectivity index (χ4v) is 5.29. The number of hydrogen-bond acceptors (Lipinski definition) is 6. The minimum absolute atomic E-state index is 0.0437. The molecule has 0 spiro atoms. The van der Waals surface area contributed by atoms with E-state index in [4.69, 9.17) is 0 Å². The van der Waals surface area contributed by atoms with Crippen LogP contribution in [0.4, 0.5) is 0 Å². The number of hydrogen-bond donors (Lipinski definition) is 1. The highest BCUT2D eigenvalue weighted by atomic mass is 32.2. The molecule has 130 valence electrons. The van der Waals surface area contributed by atoms with E-state index in [-0.39, 0.29) is 17.2 Å². The average molecular weight is 382 g/mol. The zero-order valence-corrected chi connectivity index (χ0v) is 16.6. The van der Waals surface area contributed by atoms with E-state index in [1.165, 1.54) is 11.8 Å². The second-order valence-corrected chi connectivity index (χ2v) is 9.36. The van der Waals surface area contributed by atoms with Gasteiger partial charge < -0.3 is 5.32 Å². The van der Waals surface area contributed by atoms with Gasteiger partial charge in [-0.15, -0.1) is 10.2 Å². The topological polar surface area (TPSA) is 54.9 Å². The first kappa shape index (κ1) is 19.3. The molecule has 0 fully saturated rings. The van der Waals surface area contributed by atoms with Crippen LogP contribution >= 0.6 is 34.9 Å². The minimum Gasteiger partial charge on any atom is -0.348 e. The lowest BCUT2D eigenvalue weighted by atomic mass is 10.0. The molecule has 2 aromatic rings. The first-order chi connectivity index (χ1) is 11.6. The lowest BCUT2D eigenvalue weighted by Gasteiger charge is -2.20. The van der Waals surface area contributed by atoms with Gasteiger partial charge >= 0.3 is 0 Å². The van der Waals surface area contributed by atoms with E-state index in [1.807, 2.05) is 25.1 Å². The molecule has 2 atom stereocenters. The Hall–Kier alpha value is -1.05. The van der Waals surface area contributed by atoms with Crippen molar-refractivity contribution in [2.75, 3.05) is 5.75 Å². The summed E-state index contributed by atoms with van der Waals surface area (Å²) in [6, 6.07) is 10.2. The van der Waals surface area contributed by atoms with Crippen LogP contribution in [0.15, 0.2) is 39.0 Å². The highest BCUT2D eigenvalue weighted by Crippen LogP contribution is 2.31. The van der Waals surface area contributed by atoms with Gasteiger partial charge in [0.1, 0.15) is 0 Å². The van der Waals surface area contributed by atoms with E-state index in [0.717, 1.165) is 32.8 Å². The maximum Gasteiger partial charge on any atom is 0.233 e. The van der Waals surface area contributed by atoms with Crippen molar-refractivity contribution in [3.63, 3.8) is 0 Å². The maximum atomic E-state index is 12.6. The molecule has 0 aliphatic heterocycles. The molecule has 1 aromatic heterocycles. The first-order valence-electron chi connectivity index (χ1n) is 8.12. The number of carbonyl (C=O) groups excluding carboxylic acids is 1. The third kappa shape index (κ3) is 5.79. The van der Waals surface area contributed by atoms with Crippen molar-refractivity contribution < 1.29 is 4.79 Å². The lowest BCUT2D eigenvalue weighted by Crippen LogP contribution is -2.34. The second-order valence-electron chi connectivity index (χ2n) is 5.29. The summed E-state index contributed by atoms with van der Waals surface area (Å²) in [5.41, 5.74) is 1.16. The largest absolute Gasteiger partial charge is 0.348 e. The van der Waals surface area contributed by atoms with Crippen molar-refractivity contribution in [1.82, 2.24) is 15.5 Å². The van der Waals surface area contributed by atoms with Crippen molar-refractivity contribution in [1.29, 1.82) is 0 Å². The smallest absolute Gasteiger partial charge is 0.233 e. The molecule has 0 unspecified atom stereocenters. The van der Waals surface area contributed by atoms with Gasteiger partial charge in [-0.3, -0.25) is 4.79 Å². The van der Waals surface area contributed by atoms with Gasteiger partial charge in [-0.2, -0.15) is 0 Å². The molecule has 0 saturated heterocycles. The Balaban J connectivity index is 1.95. The summed E-state index contributed by atoms with van der Waals surface area (Å²) in [5.74, 6) is 1.02. The van der Waals surface area contributed by atoms with Gasteiger partial charge in [0.05, 0.1) is 11.3 Å². The van der Waals surface area contributed by atoms with E-state index in [2.05, 4.69) is 41.5 Å². The molecule has 0 radical (unpaired) electrons.